The molecule has 2 aromatic carbocycles. The number of imide groups is 1. The lowest BCUT2D eigenvalue weighted by Crippen LogP contribution is -2.46. The summed E-state index contributed by atoms with van der Waals surface area (Å²) in [4.78, 5) is 33.8. The Morgan fingerprint density at radius 1 is 0.979 bits per heavy atom. The number of nitrogens with zero attached hydrogens (tertiary/aromatic N) is 2. The average Bonchev–Trinajstić information content (AvgIpc) is 3.65. The van der Waals surface area contributed by atoms with Gasteiger partial charge in [-0.25, -0.2) is 0 Å². The molecule has 238 valence electrons. The number of amides is 2. The molecule has 10 heteroatoms. The minimum absolute atomic E-state index is 0.188. The van der Waals surface area contributed by atoms with Crippen LogP contribution >= 0.6 is 0 Å². The Balaban J connectivity index is 1.12. The van der Waals surface area contributed by atoms with Crippen LogP contribution < -0.4 is 10.2 Å². The SMILES string of the molecule is CC1=C2[C@@H](CC/C(=C/c3ccc(CO)o3)c3ccccn3)OB(O)C[C@@H]2[C@@H]2C(=O)N(c3ccc(Nc4ccccc4)cc3)C(=O)[C@@H]2C1. The summed E-state index contributed by atoms with van der Waals surface area (Å²) < 4.78 is 11.9. The van der Waals surface area contributed by atoms with E-state index < -0.39 is 25.1 Å². The number of allylic oxidation sites excluding steroid dienone is 2. The molecule has 4 heterocycles. The van der Waals surface area contributed by atoms with Crippen molar-refractivity contribution in [3.8, 4) is 0 Å². The maximum atomic E-state index is 14.1. The monoisotopic (exact) mass is 629 g/mol. The number of nitrogens with one attached hydrogen (secondary N) is 1. The van der Waals surface area contributed by atoms with Crippen LogP contribution in [0.3, 0.4) is 0 Å². The molecule has 2 saturated heterocycles. The van der Waals surface area contributed by atoms with Gasteiger partial charge in [0.1, 0.15) is 18.1 Å². The first-order valence-corrected chi connectivity index (χ1v) is 16.0. The Kier molecular flexibility index (Phi) is 8.64. The molecule has 1 aliphatic carbocycles. The summed E-state index contributed by atoms with van der Waals surface area (Å²) in [6.07, 6.45) is 5.04. The van der Waals surface area contributed by atoms with Crippen molar-refractivity contribution in [2.45, 2.75) is 45.2 Å². The number of para-hydroxylation sites is 1. The maximum Gasteiger partial charge on any atom is 0.455 e. The molecule has 3 N–H and O–H groups in total. The highest BCUT2D eigenvalue weighted by atomic mass is 16.5. The molecule has 3 aliphatic rings. The van der Waals surface area contributed by atoms with Gasteiger partial charge in [-0.15, -0.1) is 0 Å². The molecule has 9 nitrogen and oxygen atoms in total. The van der Waals surface area contributed by atoms with Gasteiger partial charge in [0.25, 0.3) is 0 Å². The van der Waals surface area contributed by atoms with Crippen LogP contribution in [0, 0.1) is 17.8 Å². The molecular weight excluding hydrogens is 593 g/mol. The number of aliphatic hydroxyl groups is 1. The first-order chi connectivity index (χ1) is 22.9. The molecule has 0 saturated carbocycles. The van der Waals surface area contributed by atoms with Crippen LogP contribution in [-0.2, 0) is 20.9 Å². The molecule has 4 aromatic rings. The van der Waals surface area contributed by atoms with E-state index in [0.717, 1.165) is 33.8 Å². The van der Waals surface area contributed by atoms with E-state index in [-0.39, 0.29) is 30.7 Å². The van der Waals surface area contributed by atoms with Crippen molar-refractivity contribution in [1.82, 2.24) is 4.98 Å². The molecule has 2 aliphatic heterocycles. The van der Waals surface area contributed by atoms with E-state index in [4.69, 9.17) is 9.07 Å². The maximum absolute atomic E-state index is 14.1. The van der Waals surface area contributed by atoms with E-state index >= 15 is 0 Å². The Morgan fingerprint density at radius 3 is 2.47 bits per heavy atom. The van der Waals surface area contributed by atoms with Crippen LogP contribution in [0.5, 0.6) is 0 Å². The van der Waals surface area contributed by atoms with Crippen molar-refractivity contribution in [2.75, 3.05) is 10.2 Å². The fourth-order valence-electron chi connectivity index (χ4n) is 7.40. The number of hydrogen-bond donors (Lipinski definition) is 3. The average molecular weight is 630 g/mol. The van der Waals surface area contributed by atoms with Gasteiger partial charge in [0.05, 0.1) is 29.3 Å². The van der Waals surface area contributed by atoms with Crippen molar-refractivity contribution in [1.29, 1.82) is 0 Å². The first kappa shape index (κ1) is 30.9. The summed E-state index contributed by atoms with van der Waals surface area (Å²) in [5.74, 6) is -0.683. The second-order valence-electron chi connectivity index (χ2n) is 12.4. The Labute approximate surface area is 273 Å². The van der Waals surface area contributed by atoms with Crippen LogP contribution in [-0.4, -0.2) is 40.2 Å². The Bertz CT molecular complexity index is 1820. The van der Waals surface area contributed by atoms with Crippen LogP contribution in [0.15, 0.2) is 107 Å². The Morgan fingerprint density at radius 2 is 1.74 bits per heavy atom. The number of anilines is 3. The van der Waals surface area contributed by atoms with Gasteiger partial charge in [-0.05, 0) is 116 Å². The molecule has 2 aromatic heterocycles. The highest BCUT2D eigenvalue weighted by Crippen LogP contribution is 2.51. The second kappa shape index (κ2) is 13.2. The van der Waals surface area contributed by atoms with Gasteiger partial charge in [-0.2, -0.15) is 0 Å². The second-order valence-corrected chi connectivity index (χ2v) is 12.4. The Hall–Kier alpha value is -4.77. The summed E-state index contributed by atoms with van der Waals surface area (Å²) in [5, 5.41) is 23.7. The van der Waals surface area contributed by atoms with Crippen LogP contribution in [0.25, 0.3) is 11.6 Å². The van der Waals surface area contributed by atoms with E-state index in [1.165, 1.54) is 4.90 Å². The molecule has 0 bridgehead atoms. The molecule has 0 spiro atoms. The van der Waals surface area contributed by atoms with Crippen LogP contribution in [0.4, 0.5) is 17.1 Å². The standard InChI is InChI=1S/C37H36BN3O6/c1-23-19-30-35(37(44)41(36(30)43)27-13-11-26(12-14-27)40-25-7-3-2-4-8-25)31-21-38(45)47-33(34(23)31)17-10-24(32-9-5-6-18-39-32)20-28-15-16-29(22-42)46-28/h2-9,11-16,18,20,30-31,33,35,40,42,45H,10,17,19,21-22H2,1H3/b24-20-/t30-,31+,33-,35-/m1/s1. The smallest absolute Gasteiger partial charge is 0.455 e. The number of rotatable bonds is 9. The van der Waals surface area contributed by atoms with Gasteiger partial charge in [0.15, 0.2) is 0 Å². The molecule has 7 rings (SSSR count). The number of pyridine rings is 1. The van der Waals surface area contributed by atoms with Crippen LogP contribution in [0.1, 0.15) is 43.4 Å². The quantitative estimate of drug-likeness (QED) is 0.113. The van der Waals surface area contributed by atoms with Gasteiger partial charge < -0.3 is 24.5 Å². The number of hydrogen-bond acceptors (Lipinski definition) is 8. The fraction of sp³-hybridized carbons (Fsp3) is 0.270. The molecule has 0 radical (unpaired) electrons. The van der Waals surface area contributed by atoms with E-state index in [2.05, 4.69) is 10.3 Å². The first-order valence-electron chi connectivity index (χ1n) is 16.0. The molecule has 2 fully saturated rings. The van der Waals surface area contributed by atoms with Crippen molar-refractivity contribution >= 4 is 47.6 Å². The van der Waals surface area contributed by atoms with Crippen molar-refractivity contribution in [3.63, 3.8) is 0 Å². The zero-order valence-electron chi connectivity index (χ0n) is 26.1. The topological polar surface area (TPSA) is 125 Å². The zero-order valence-corrected chi connectivity index (χ0v) is 26.1. The molecule has 4 atom stereocenters. The van der Waals surface area contributed by atoms with Crippen molar-refractivity contribution in [3.05, 3.63) is 119 Å². The van der Waals surface area contributed by atoms with E-state index in [0.29, 0.717) is 36.5 Å². The molecule has 2 amide bonds. The lowest BCUT2D eigenvalue weighted by atomic mass is 9.58. The number of furan rings is 1. The highest BCUT2D eigenvalue weighted by Gasteiger charge is 2.57. The summed E-state index contributed by atoms with van der Waals surface area (Å²) in [6, 6.07) is 26.4. The number of benzene rings is 2. The van der Waals surface area contributed by atoms with E-state index in [1.54, 1.807) is 30.5 Å². The largest absolute Gasteiger partial charge is 0.459 e. The van der Waals surface area contributed by atoms with E-state index in [9.17, 15) is 19.7 Å². The van der Waals surface area contributed by atoms with Crippen molar-refractivity contribution < 1.29 is 28.8 Å². The van der Waals surface area contributed by atoms with Gasteiger partial charge in [-0.3, -0.25) is 19.5 Å². The minimum Gasteiger partial charge on any atom is -0.459 e. The van der Waals surface area contributed by atoms with Gasteiger partial charge in [-0.1, -0.05) is 29.8 Å². The fourth-order valence-corrected chi connectivity index (χ4v) is 7.40. The normalized spacial score (nSPS) is 22.8. The van der Waals surface area contributed by atoms with Crippen LogP contribution in [0.2, 0.25) is 6.32 Å². The predicted molar refractivity (Wildman–Crippen MR) is 180 cm³/mol. The summed E-state index contributed by atoms with van der Waals surface area (Å²) >= 11 is 0. The number of carbonyl (C=O) groups is 2. The lowest BCUT2D eigenvalue weighted by Gasteiger charge is -2.42. The molecular formula is C37H36BN3O6. The van der Waals surface area contributed by atoms with Gasteiger partial charge >= 0.3 is 7.12 Å². The van der Waals surface area contributed by atoms with E-state index in [1.807, 2.05) is 73.7 Å². The summed E-state index contributed by atoms with van der Waals surface area (Å²) in [6.45, 7) is 1.83. The molecule has 0 unspecified atom stereocenters. The van der Waals surface area contributed by atoms with Gasteiger partial charge in [0, 0.05) is 17.6 Å². The number of aromatic nitrogens is 1. The number of fused-ring (bicyclic) bond motifs is 3. The predicted octanol–water partition coefficient (Wildman–Crippen LogP) is 6.25. The summed E-state index contributed by atoms with van der Waals surface area (Å²) in [5.41, 5.74) is 6.11. The number of aliphatic hydroxyl groups excluding tert-OH is 1. The lowest BCUT2D eigenvalue weighted by molar-refractivity contribution is -0.122. The molecule has 47 heavy (non-hydrogen) atoms. The minimum atomic E-state index is -1.06. The van der Waals surface area contributed by atoms with Gasteiger partial charge in [0.2, 0.25) is 11.8 Å². The van der Waals surface area contributed by atoms with Crippen molar-refractivity contribution in [2.24, 2.45) is 17.8 Å². The zero-order chi connectivity index (χ0) is 32.5. The summed E-state index contributed by atoms with van der Waals surface area (Å²) in [7, 11) is -1.06. The third-order valence-electron chi connectivity index (χ3n) is 9.46. The third-order valence-corrected chi connectivity index (χ3v) is 9.46. The number of carbonyl (C=O) groups excluding carboxylic acids is 2. The highest BCUT2D eigenvalue weighted by molar-refractivity contribution is 6.43. The third kappa shape index (κ3) is 6.19.